The van der Waals surface area contributed by atoms with E-state index < -0.39 is 0 Å². The Bertz CT molecular complexity index is 1120. The Labute approximate surface area is 182 Å². The van der Waals surface area contributed by atoms with E-state index in [1.807, 2.05) is 54.3 Å². The number of methoxy groups -OCH3 is 1. The highest BCUT2D eigenvalue weighted by molar-refractivity contribution is 6.16. The van der Waals surface area contributed by atoms with Gasteiger partial charge in [0.25, 0.3) is 5.91 Å². The zero-order valence-corrected chi connectivity index (χ0v) is 17.9. The van der Waals surface area contributed by atoms with Crippen molar-refractivity contribution in [1.29, 1.82) is 0 Å². The van der Waals surface area contributed by atoms with Crippen LogP contribution in [0.25, 0.3) is 0 Å². The van der Waals surface area contributed by atoms with Crippen molar-refractivity contribution in [2.75, 3.05) is 12.0 Å². The number of ether oxygens (including phenoxy) is 1. The monoisotopic (exact) mass is 416 g/mol. The molecule has 0 aromatic heterocycles. The maximum atomic E-state index is 13.4. The summed E-state index contributed by atoms with van der Waals surface area (Å²) in [6.45, 7) is 4.11. The van der Waals surface area contributed by atoms with Crippen LogP contribution in [0.1, 0.15) is 41.8 Å². The van der Waals surface area contributed by atoms with Gasteiger partial charge in [-0.2, -0.15) is 0 Å². The number of hydrogen-bond acceptors (Lipinski definition) is 3. The zero-order chi connectivity index (χ0) is 22.0. The fourth-order valence-electron chi connectivity index (χ4n) is 3.91. The van der Waals surface area contributed by atoms with Crippen LogP contribution in [-0.4, -0.2) is 24.8 Å². The number of nitrogens with zero attached hydrogens (tertiary/aromatic N) is 2. The van der Waals surface area contributed by atoms with Crippen LogP contribution in [-0.2, 0) is 6.42 Å². The molecular weight excluding hydrogens is 391 g/mol. The lowest BCUT2D eigenvalue weighted by Crippen LogP contribution is -2.44. The number of aliphatic imine (C=N–C) groups is 1. The van der Waals surface area contributed by atoms with E-state index in [9.17, 15) is 9.18 Å². The Morgan fingerprint density at radius 1 is 1.10 bits per heavy atom. The van der Waals surface area contributed by atoms with Gasteiger partial charge in [-0.3, -0.25) is 9.79 Å². The van der Waals surface area contributed by atoms with Crippen molar-refractivity contribution in [3.63, 3.8) is 0 Å². The molecule has 0 saturated carbocycles. The second-order valence-corrected chi connectivity index (χ2v) is 7.70. The van der Waals surface area contributed by atoms with Gasteiger partial charge in [0.15, 0.2) is 0 Å². The predicted octanol–water partition coefficient (Wildman–Crippen LogP) is 5.96. The lowest BCUT2D eigenvalue weighted by molar-refractivity contribution is 0.0978. The molecule has 0 spiro atoms. The predicted molar refractivity (Wildman–Crippen MR) is 122 cm³/mol. The Morgan fingerprint density at radius 2 is 1.81 bits per heavy atom. The Kier molecular flexibility index (Phi) is 5.85. The van der Waals surface area contributed by atoms with E-state index in [0.717, 1.165) is 23.4 Å². The summed E-state index contributed by atoms with van der Waals surface area (Å²) in [7, 11) is 1.61. The van der Waals surface area contributed by atoms with Gasteiger partial charge in [0.1, 0.15) is 11.6 Å². The Morgan fingerprint density at radius 3 is 2.45 bits per heavy atom. The summed E-state index contributed by atoms with van der Waals surface area (Å²) in [5, 5.41) is 0. The van der Waals surface area contributed by atoms with E-state index in [1.165, 1.54) is 17.7 Å². The van der Waals surface area contributed by atoms with Gasteiger partial charge in [-0.25, -0.2) is 4.39 Å². The lowest BCUT2D eigenvalue weighted by Gasteiger charge is -2.36. The topological polar surface area (TPSA) is 41.9 Å². The molecule has 0 fully saturated rings. The van der Waals surface area contributed by atoms with E-state index in [-0.39, 0.29) is 17.8 Å². The average Bonchev–Trinajstić information content (AvgIpc) is 2.80. The van der Waals surface area contributed by atoms with Crippen LogP contribution in [0.3, 0.4) is 0 Å². The molecule has 1 atom stereocenters. The van der Waals surface area contributed by atoms with Crippen molar-refractivity contribution in [2.45, 2.75) is 32.7 Å². The minimum atomic E-state index is -0.297. The molecule has 0 bridgehead atoms. The molecule has 1 unspecified atom stereocenters. The molecule has 3 aromatic carbocycles. The van der Waals surface area contributed by atoms with Crippen LogP contribution in [0.4, 0.5) is 15.8 Å². The van der Waals surface area contributed by atoms with Crippen molar-refractivity contribution in [1.82, 2.24) is 0 Å². The summed E-state index contributed by atoms with van der Waals surface area (Å²) in [6.07, 6.45) is 1.51. The fraction of sp³-hybridized carbons (Fsp3) is 0.231. The van der Waals surface area contributed by atoms with Crippen LogP contribution in [0.2, 0.25) is 0 Å². The molecule has 0 radical (unpaired) electrons. The van der Waals surface area contributed by atoms with Crippen LogP contribution in [0, 0.1) is 5.82 Å². The number of hydrogen-bond donors (Lipinski definition) is 0. The number of anilines is 1. The second kappa shape index (κ2) is 8.72. The largest absolute Gasteiger partial charge is 0.497 e. The Balaban J connectivity index is 1.77. The number of rotatable bonds is 4. The normalized spacial score (nSPS) is 16.8. The summed E-state index contributed by atoms with van der Waals surface area (Å²) in [5.74, 6) is 0.358. The van der Waals surface area contributed by atoms with Gasteiger partial charge < -0.3 is 9.64 Å². The summed E-state index contributed by atoms with van der Waals surface area (Å²) in [6, 6.07) is 19.5. The molecule has 1 heterocycles. The van der Waals surface area contributed by atoms with Gasteiger partial charge >= 0.3 is 0 Å². The molecule has 1 aliphatic rings. The molecule has 0 N–H and O–H groups in total. The third-order valence-electron chi connectivity index (χ3n) is 5.62. The van der Waals surface area contributed by atoms with Crippen LogP contribution < -0.4 is 9.64 Å². The highest BCUT2D eigenvalue weighted by atomic mass is 19.1. The molecule has 1 amide bonds. The van der Waals surface area contributed by atoms with Gasteiger partial charge in [-0.1, -0.05) is 19.1 Å². The third-order valence-corrected chi connectivity index (χ3v) is 5.62. The molecule has 1 aliphatic heterocycles. The average molecular weight is 416 g/mol. The van der Waals surface area contributed by atoms with Crippen molar-refractivity contribution < 1.29 is 13.9 Å². The maximum Gasteiger partial charge on any atom is 0.258 e. The molecule has 0 saturated heterocycles. The van der Waals surface area contributed by atoms with Crippen LogP contribution in [0.5, 0.6) is 5.75 Å². The van der Waals surface area contributed by atoms with E-state index in [0.29, 0.717) is 23.4 Å². The molecule has 3 aromatic rings. The van der Waals surface area contributed by atoms with E-state index in [1.54, 1.807) is 19.2 Å². The smallest absolute Gasteiger partial charge is 0.258 e. The fourth-order valence-corrected chi connectivity index (χ4v) is 3.91. The lowest BCUT2D eigenvalue weighted by atomic mass is 9.93. The van der Waals surface area contributed by atoms with Crippen molar-refractivity contribution >= 4 is 23.0 Å². The molecule has 4 rings (SSSR count). The summed E-state index contributed by atoms with van der Waals surface area (Å²) in [5.41, 5.74) is 5.02. The van der Waals surface area contributed by atoms with Gasteiger partial charge in [-0.15, -0.1) is 0 Å². The molecule has 158 valence electrons. The number of carbonyl (C=O) groups is 1. The number of fused-ring (bicyclic) bond motifs is 1. The van der Waals surface area contributed by atoms with Gasteiger partial charge in [0.2, 0.25) is 0 Å². The first-order chi connectivity index (χ1) is 15.0. The summed E-state index contributed by atoms with van der Waals surface area (Å²) >= 11 is 0. The maximum absolute atomic E-state index is 13.4. The van der Waals surface area contributed by atoms with Crippen LogP contribution in [0.15, 0.2) is 71.7 Å². The number of aryl methyl sites for hydroxylation is 1. The van der Waals surface area contributed by atoms with Crippen molar-refractivity contribution in [2.24, 2.45) is 4.99 Å². The van der Waals surface area contributed by atoms with E-state index in [4.69, 9.17) is 9.73 Å². The minimum Gasteiger partial charge on any atom is -0.497 e. The minimum absolute atomic E-state index is 0.0394. The van der Waals surface area contributed by atoms with Crippen molar-refractivity contribution in [3.05, 3.63) is 89.2 Å². The highest BCUT2D eigenvalue weighted by Crippen LogP contribution is 2.36. The summed E-state index contributed by atoms with van der Waals surface area (Å²) in [4.78, 5) is 20.0. The first kappa shape index (κ1) is 20.8. The quantitative estimate of drug-likeness (QED) is 0.527. The zero-order valence-electron chi connectivity index (χ0n) is 17.9. The molecular formula is C26H25FN2O2. The molecule has 5 heteroatoms. The van der Waals surface area contributed by atoms with Gasteiger partial charge in [0, 0.05) is 23.6 Å². The standard InChI is InChI=1S/C26H25FN2O2/c1-4-18-5-7-19(8-6-18)26(30)29-17(2)15-24(28-21-11-9-20(27)10-12-21)23-16-22(31-3)13-14-25(23)29/h5-14,16-17H,4,15H2,1-3H3. The number of halogens is 1. The van der Waals surface area contributed by atoms with Gasteiger partial charge in [0.05, 0.1) is 24.2 Å². The van der Waals surface area contributed by atoms with E-state index in [2.05, 4.69) is 6.92 Å². The first-order valence-corrected chi connectivity index (χ1v) is 10.4. The molecule has 31 heavy (non-hydrogen) atoms. The first-order valence-electron chi connectivity index (χ1n) is 10.4. The Hall–Kier alpha value is -3.47. The van der Waals surface area contributed by atoms with Crippen molar-refractivity contribution in [3.8, 4) is 5.75 Å². The molecule has 4 nitrogen and oxygen atoms in total. The van der Waals surface area contributed by atoms with E-state index >= 15 is 0 Å². The second-order valence-electron chi connectivity index (χ2n) is 7.70. The number of amides is 1. The summed E-state index contributed by atoms with van der Waals surface area (Å²) < 4.78 is 18.7. The highest BCUT2D eigenvalue weighted by Gasteiger charge is 2.32. The number of carbonyl (C=O) groups excluding carboxylic acids is 1. The third kappa shape index (κ3) is 4.22. The van der Waals surface area contributed by atoms with Crippen LogP contribution >= 0.6 is 0 Å². The molecule has 0 aliphatic carbocycles. The number of benzene rings is 3. The van der Waals surface area contributed by atoms with Gasteiger partial charge in [-0.05, 0) is 73.5 Å². The SMILES string of the molecule is CCc1ccc(C(=O)N2c3ccc(OC)cc3C(=Nc3ccc(F)cc3)CC2C)cc1.